The lowest BCUT2D eigenvalue weighted by molar-refractivity contribution is 0.0941. The van der Waals surface area contributed by atoms with Crippen molar-refractivity contribution in [3.63, 3.8) is 0 Å². The standard InChI is InChI=1S/C17H26FNO/c1-4-20-11-17(12(2)3)19-14-9-13(10-14)15-7-5-6-8-16(15)18/h5-8,12-14,17,19H,4,9-11H2,1-3H3. The second kappa shape index (κ2) is 7.19. The van der Waals surface area contributed by atoms with Crippen LogP contribution in [0.2, 0.25) is 0 Å². The highest BCUT2D eigenvalue weighted by molar-refractivity contribution is 5.24. The summed E-state index contributed by atoms with van der Waals surface area (Å²) >= 11 is 0. The predicted octanol–water partition coefficient (Wildman–Crippen LogP) is 3.72. The first-order chi connectivity index (χ1) is 9.61. The van der Waals surface area contributed by atoms with E-state index in [-0.39, 0.29) is 5.82 Å². The Morgan fingerprint density at radius 1 is 1.30 bits per heavy atom. The van der Waals surface area contributed by atoms with E-state index in [1.165, 1.54) is 0 Å². The average molecular weight is 279 g/mol. The van der Waals surface area contributed by atoms with Crippen molar-refractivity contribution in [1.29, 1.82) is 0 Å². The minimum Gasteiger partial charge on any atom is -0.380 e. The molecule has 2 nitrogen and oxygen atoms in total. The SMILES string of the molecule is CCOCC(NC1CC(c2ccccc2F)C1)C(C)C. The molecule has 1 unspecified atom stereocenters. The maximum absolute atomic E-state index is 13.7. The van der Waals surface area contributed by atoms with Gasteiger partial charge in [-0.3, -0.25) is 0 Å². The summed E-state index contributed by atoms with van der Waals surface area (Å²) in [4.78, 5) is 0. The second-order valence-electron chi connectivity index (χ2n) is 6.06. The number of hydrogen-bond donors (Lipinski definition) is 1. The Balaban J connectivity index is 1.82. The molecule has 1 fully saturated rings. The maximum Gasteiger partial charge on any atom is 0.126 e. The van der Waals surface area contributed by atoms with Crippen LogP contribution >= 0.6 is 0 Å². The van der Waals surface area contributed by atoms with E-state index < -0.39 is 0 Å². The molecule has 2 rings (SSSR count). The van der Waals surface area contributed by atoms with E-state index in [1.54, 1.807) is 12.1 Å². The van der Waals surface area contributed by atoms with Gasteiger partial charge in [-0.1, -0.05) is 32.0 Å². The molecule has 112 valence electrons. The van der Waals surface area contributed by atoms with Gasteiger partial charge in [0.1, 0.15) is 5.82 Å². The number of ether oxygens (including phenoxy) is 1. The molecule has 1 aromatic carbocycles. The molecule has 1 aliphatic carbocycles. The van der Waals surface area contributed by atoms with Crippen LogP contribution in [0.5, 0.6) is 0 Å². The molecule has 20 heavy (non-hydrogen) atoms. The van der Waals surface area contributed by atoms with Gasteiger partial charge in [-0.15, -0.1) is 0 Å². The lowest BCUT2D eigenvalue weighted by Gasteiger charge is -2.39. The summed E-state index contributed by atoms with van der Waals surface area (Å²) in [6.07, 6.45) is 2.05. The van der Waals surface area contributed by atoms with Crippen molar-refractivity contribution >= 4 is 0 Å². The van der Waals surface area contributed by atoms with Crippen LogP contribution in [0.1, 0.15) is 45.1 Å². The van der Waals surface area contributed by atoms with Gasteiger partial charge in [0, 0.05) is 18.7 Å². The molecule has 1 saturated carbocycles. The van der Waals surface area contributed by atoms with Crippen molar-refractivity contribution in [3.05, 3.63) is 35.6 Å². The van der Waals surface area contributed by atoms with Crippen LogP contribution in [-0.2, 0) is 4.74 Å². The quantitative estimate of drug-likeness (QED) is 0.821. The number of nitrogens with one attached hydrogen (secondary N) is 1. The largest absolute Gasteiger partial charge is 0.380 e. The highest BCUT2D eigenvalue weighted by atomic mass is 19.1. The zero-order valence-corrected chi connectivity index (χ0v) is 12.7. The fraction of sp³-hybridized carbons (Fsp3) is 0.647. The topological polar surface area (TPSA) is 21.3 Å². The highest BCUT2D eigenvalue weighted by Crippen LogP contribution is 2.38. The first-order valence-electron chi connectivity index (χ1n) is 7.70. The Bertz CT molecular complexity index is 415. The lowest BCUT2D eigenvalue weighted by Crippen LogP contribution is -2.49. The molecule has 0 radical (unpaired) electrons. The fourth-order valence-corrected chi connectivity index (χ4v) is 2.79. The molecule has 0 aromatic heterocycles. The van der Waals surface area contributed by atoms with Gasteiger partial charge in [0.2, 0.25) is 0 Å². The molecular formula is C17H26FNO. The van der Waals surface area contributed by atoms with E-state index in [0.717, 1.165) is 31.6 Å². The van der Waals surface area contributed by atoms with Crippen molar-refractivity contribution in [3.8, 4) is 0 Å². The smallest absolute Gasteiger partial charge is 0.126 e. The van der Waals surface area contributed by atoms with Crippen LogP contribution in [0.15, 0.2) is 24.3 Å². The molecule has 1 atom stereocenters. The summed E-state index contributed by atoms with van der Waals surface area (Å²) < 4.78 is 19.2. The van der Waals surface area contributed by atoms with Gasteiger partial charge in [-0.2, -0.15) is 0 Å². The van der Waals surface area contributed by atoms with Gasteiger partial charge in [-0.25, -0.2) is 4.39 Å². The van der Waals surface area contributed by atoms with Crippen LogP contribution in [-0.4, -0.2) is 25.3 Å². The zero-order chi connectivity index (χ0) is 14.5. The van der Waals surface area contributed by atoms with Crippen LogP contribution in [0.3, 0.4) is 0 Å². The zero-order valence-electron chi connectivity index (χ0n) is 12.7. The summed E-state index contributed by atoms with van der Waals surface area (Å²) in [6.45, 7) is 7.96. The van der Waals surface area contributed by atoms with Gasteiger partial charge in [-0.05, 0) is 43.2 Å². The Hall–Kier alpha value is -0.930. The third kappa shape index (κ3) is 3.80. The van der Waals surface area contributed by atoms with E-state index in [4.69, 9.17) is 4.74 Å². The molecule has 0 bridgehead atoms. The summed E-state index contributed by atoms with van der Waals surface area (Å²) in [5.41, 5.74) is 0.872. The lowest BCUT2D eigenvalue weighted by atomic mass is 9.75. The summed E-state index contributed by atoms with van der Waals surface area (Å²) in [5, 5.41) is 3.66. The molecule has 0 aliphatic heterocycles. The van der Waals surface area contributed by atoms with E-state index >= 15 is 0 Å². The Kier molecular flexibility index (Phi) is 5.55. The van der Waals surface area contributed by atoms with Crippen LogP contribution < -0.4 is 5.32 Å². The van der Waals surface area contributed by atoms with Gasteiger partial charge in [0.15, 0.2) is 0 Å². The van der Waals surface area contributed by atoms with Crippen molar-refractivity contribution < 1.29 is 9.13 Å². The first-order valence-corrected chi connectivity index (χ1v) is 7.70. The first kappa shape index (κ1) is 15.5. The molecule has 1 N–H and O–H groups in total. The van der Waals surface area contributed by atoms with Gasteiger partial charge in [0.25, 0.3) is 0 Å². The molecule has 3 heteroatoms. The van der Waals surface area contributed by atoms with Crippen molar-refractivity contribution in [1.82, 2.24) is 5.32 Å². The van der Waals surface area contributed by atoms with Crippen molar-refractivity contribution in [2.45, 2.75) is 51.6 Å². The molecule has 1 aliphatic rings. The summed E-state index contributed by atoms with van der Waals surface area (Å²) in [5.74, 6) is 0.855. The van der Waals surface area contributed by atoms with E-state index in [9.17, 15) is 4.39 Å². The Morgan fingerprint density at radius 2 is 2.00 bits per heavy atom. The normalized spacial score (nSPS) is 23.6. The third-order valence-electron chi connectivity index (χ3n) is 4.24. The monoisotopic (exact) mass is 279 g/mol. The molecule has 0 saturated heterocycles. The minimum atomic E-state index is -0.0642. The number of halogens is 1. The van der Waals surface area contributed by atoms with Crippen molar-refractivity contribution in [2.75, 3.05) is 13.2 Å². The predicted molar refractivity (Wildman–Crippen MR) is 80.4 cm³/mol. The summed E-state index contributed by atoms with van der Waals surface area (Å²) in [7, 11) is 0. The molecule has 1 aromatic rings. The van der Waals surface area contributed by atoms with E-state index in [2.05, 4.69) is 19.2 Å². The highest BCUT2D eigenvalue weighted by Gasteiger charge is 2.33. The van der Waals surface area contributed by atoms with Crippen molar-refractivity contribution in [2.24, 2.45) is 5.92 Å². The molecule has 0 heterocycles. The van der Waals surface area contributed by atoms with Crippen LogP contribution in [0.4, 0.5) is 4.39 Å². The molecular weight excluding hydrogens is 253 g/mol. The Labute approximate surface area is 121 Å². The number of benzene rings is 1. The number of hydrogen-bond acceptors (Lipinski definition) is 2. The van der Waals surface area contributed by atoms with Crippen LogP contribution in [0.25, 0.3) is 0 Å². The molecule has 0 amide bonds. The van der Waals surface area contributed by atoms with Gasteiger partial charge >= 0.3 is 0 Å². The van der Waals surface area contributed by atoms with E-state index in [1.807, 2.05) is 19.1 Å². The summed E-state index contributed by atoms with van der Waals surface area (Å²) in [6, 6.07) is 8.03. The maximum atomic E-state index is 13.7. The molecule has 0 spiro atoms. The average Bonchev–Trinajstić information content (AvgIpc) is 2.37. The fourth-order valence-electron chi connectivity index (χ4n) is 2.79. The minimum absolute atomic E-state index is 0.0642. The van der Waals surface area contributed by atoms with Gasteiger partial charge in [0.05, 0.1) is 6.61 Å². The van der Waals surface area contributed by atoms with E-state index in [0.29, 0.717) is 23.9 Å². The number of rotatable bonds is 7. The third-order valence-corrected chi connectivity index (χ3v) is 4.24. The van der Waals surface area contributed by atoms with Gasteiger partial charge < -0.3 is 10.1 Å². The Morgan fingerprint density at radius 3 is 2.60 bits per heavy atom. The second-order valence-corrected chi connectivity index (χ2v) is 6.06. The van der Waals surface area contributed by atoms with Crippen LogP contribution in [0, 0.1) is 11.7 Å².